The Hall–Kier alpha value is -0.470. The predicted octanol–water partition coefficient (Wildman–Crippen LogP) is 3.51. The summed E-state index contributed by atoms with van der Waals surface area (Å²) in [6.07, 6.45) is 2.79. The molecule has 1 heterocycles. The van der Waals surface area contributed by atoms with Gasteiger partial charge in [-0.2, -0.15) is 11.8 Å². The molecule has 2 heteroatoms. The van der Waals surface area contributed by atoms with E-state index in [0.29, 0.717) is 0 Å². The van der Waals surface area contributed by atoms with E-state index in [2.05, 4.69) is 38.1 Å². The molecule has 1 aromatic rings. The fraction of sp³-hybridized carbons (Fsp3) is 0.600. The number of hydrogen-bond donors (Lipinski definition) is 1. The number of rotatable bonds is 3. The summed E-state index contributed by atoms with van der Waals surface area (Å²) >= 11 is 1.89. The third-order valence-corrected chi connectivity index (χ3v) is 5.12. The third kappa shape index (κ3) is 3.75. The van der Waals surface area contributed by atoms with E-state index in [1.54, 1.807) is 0 Å². The Morgan fingerprint density at radius 3 is 2.53 bits per heavy atom. The van der Waals surface area contributed by atoms with Crippen molar-refractivity contribution in [2.24, 2.45) is 5.41 Å². The van der Waals surface area contributed by atoms with Crippen LogP contribution >= 0.6 is 11.8 Å². The van der Waals surface area contributed by atoms with Crippen molar-refractivity contribution in [3.05, 3.63) is 35.9 Å². The molecule has 0 amide bonds. The molecule has 1 unspecified atom stereocenters. The van der Waals surface area contributed by atoms with E-state index in [4.69, 9.17) is 0 Å². The van der Waals surface area contributed by atoms with E-state index in [1.807, 2.05) is 17.8 Å². The average molecular weight is 250 g/mol. The van der Waals surface area contributed by atoms with E-state index < -0.39 is 5.60 Å². The van der Waals surface area contributed by atoms with Crippen LogP contribution in [0.25, 0.3) is 0 Å². The first-order chi connectivity index (χ1) is 7.99. The van der Waals surface area contributed by atoms with E-state index in [1.165, 1.54) is 11.3 Å². The van der Waals surface area contributed by atoms with E-state index in [9.17, 15) is 5.11 Å². The molecule has 1 atom stereocenters. The Labute approximate surface area is 109 Å². The molecule has 94 valence electrons. The van der Waals surface area contributed by atoms with Gasteiger partial charge in [-0.05, 0) is 36.0 Å². The summed E-state index contributed by atoms with van der Waals surface area (Å²) in [5.74, 6) is 2.06. The van der Waals surface area contributed by atoms with Crippen LogP contribution in [-0.4, -0.2) is 22.2 Å². The Bertz CT molecular complexity index is 360. The summed E-state index contributed by atoms with van der Waals surface area (Å²) in [6.45, 7) is 4.51. The zero-order valence-electron chi connectivity index (χ0n) is 10.8. The van der Waals surface area contributed by atoms with Gasteiger partial charge in [0.15, 0.2) is 0 Å². The van der Waals surface area contributed by atoms with Gasteiger partial charge in [0.2, 0.25) is 0 Å². The highest BCUT2D eigenvalue weighted by atomic mass is 32.2. The van der Waals surface area contributed by atoms with Gasteiger partial charge >= 0.3 is 0 Å². The molecule has 1 fully saturated rings. The fourth-order valence-corrected chi connectivity index (χ4v) is 4.08. The first-order valence-corrected chi connectivity index (χ1v) is 7.49. The number of benzene rings is 1. The van der Waals surface area contributed by atoms with Crippen molar-refractivity contribution in [3.8, 4) is 0 Å². The molecule has 1 aliphatic heterocycles. The van der Waals surface area contributed by atoms with Gasteiger partial charge < -0.3 is 5.11 Å². The number of aryl methyl sites for hydroxylation is 1. The van der Waals surface area contributed by atoms with Crippen molar-refractivity contribution in [3.63, 3.8) is 0 Å². The second-order valence-corrected chi connectivity index (χ2v) is 7.03. The summed E-state index contributed by atoms with van der Waals surface area (Å²) in [5.41, 5.74) is 1.13. The van der Waals surface area contributed by atoms with Gasteiger partial charge in [-0.3, -0.25) is 0 Å². The van der Waals surface area contributed by atoms with E-state index >= 15 is 0 Å². The zero-order chi connectivity index (χ0) is 12.4. The molecule has 0 spiro atoms. The van der Waals surface area contributed by atoms with Crippen molar-refractivity contribution in [2.75, 3.05) is 11.5 Å². The maximum absolute atomic E-state index is 10.6. The third-order valence-electron chi connectivity index (χ3n) is 3.39. The highest BCUT2D eigenvalue weighted by molar-refractivity contribution is 7.99. The second kappa shape index (κ2) is 5.03. The van der Waals surface area contributed by atoms with Crippen molar-refractivity contribution >= 4 is 11.8 Å². The topological polar surface area (TPSA) is 20.2 Å². The molecule has 1 aromatic carbocycles. The summed E-state index contributed by atoms with van der Waals surface area (Å²) in [7, 11) is 0. The van der Waals surface area contributed by atoms with Crippen molar-refractivity contribution in [1.29, 1.82) is 0 Å². The zero-order valence-corrected chi connectivity index (χ0v) is 11.6. The van der Waals surface area contributed by atoms with E-state index in [0.717, 1.165) is 25.0 Å². The van der Waals surface area contributed by atoms with Crippen molar-refractivity contribution < 1.29 is 5.11 Å². The summed E-state index contributed by atoms with van der Waals surface area (Å²) < 4.78 is 0. The molecule has 0 aliphatic carbocycles. The molecular weight excluding hydrogens is 228 g/mol. The SMILES string of the molecule is CC1(C)CSCC(O)(CCc2ccccc2)C1. The quantitative estimate of drug-likeness (QED) is 0.886. The standard InChI is InChI=1S/C15H22OS/c1-14(2)10-15(16,12-17-11-14)9-8-13-6-4-3-5-7-13/h3-7,16H,8-12H2,1-2H3. The van der Waals surface area contributed by atoms with Crippen LogP contribution in [0, 0.1) is 5.41 Å². The molecule has 0 radical (unpaired) electrons. The van der Waals surface area contributed by atoms with Crippen LogP contribution in [0.15, 0.2) is 30.3 Å². The lowest BCUT2D eigenvalue weighted by molar-refractivity contribution is 0.0122. The van der Waals surface area contributed by atoms with Crippen LogP contribution in [0.3, 0.4) is 0 Å². The monoisotopic (exact) mass is 250 g/mol. The van der Waals surface area contributed by atoms with Crippen molar-refractivity contribution in [2.45, 2.75) is 38.7 Å². The highest BCUT2D eigenvalue weighted by Crippen LogP contribution is 2.41. The van der Waals surface area contributed by atoms with Crippen LogP contribution in [-0.2, 0) is 6.42 Å². The fourth-order valence-electron chi connectivity index (χ4n) is 2.69. The molecule has 1 nitrogen and oxygen atoms in total. The summed E-state index contributed by atoms with van der Waals surface area (Å²) in [6, 6.07) is 10.5. The lowest BCUT2D eigenvalue weighted by atomic mass is 9.79. The molecule has 1 saturated heterocycles. The van der Waals surface area contributed by atoms with E-state index in [-0.39, 0.29) is 5.41 Å². The maximum Gasteiger partial charge on any atom is 0.0746 e. The largest absolute Gasteiger partial charge is 0.389 e. The number of thioether (sulfide) groups is 1. The maximum atomic E-state index is 10.6. The first kappa shape index (κ1) is 13.0. The molecule has 1 N–H and O–H groups in total. The van der Waals surface area contributed by atoms with Gasteiger partial charge in [0.25, 0.3) is 0 Å². The Balaban J connectivity index is 1.94. The van der Waals surface area contributed by atoms with Crippen LogP contribution in [0.5, 0.6) is 0 Å². The van der Waals surface area contributed by atoms with Gasteiger partial charge in [0.1, 0.15) is 0 Å². The van der Waals surface area contributed by atoms with Gasteiger partial charge in [-0.25, -0.2) is 0 Å². The molecule has 2 rings (SSSR count). The number of hydrogen-bond acceptors (Lipinski definition) is 2. The molecule has 1 aliphatic rings. The van der Waals surface area contributed by atoms with Crippen LogP contribution < -0.4 is 0 Å². The normalized spacial score (nSPS) is 27.9. The predicted molar refractivity (Wildman–Crippen MR) is 75.4 cm³/mol. The van der Waals surface area contributed by atoms with Gasteiger partial charge in [-0.15, -0.1) is 0 Å². The molecule has 0 saturated carbocycles. The second-order valence-electron chi connectivity index (χ2n) is 6.04. The minimum atomic E-state index is -0.470. The average Bonchev–Trinajstić information content (AvgIpc) is 2.26. The Morgan fingerprint density at radius 1 is 1.18 bits per heavy atom. The summed E-state index contributed by atoms with van der Waals surface area (Å²) in [5, 5.41) is 10.6. The minimum Gasteiger partial charge on any atom is -0.389 e. The van der Waals surface area contributed by atoms with Gasteiger partial charge in [0.05, 0.1) is 5.60 Å². The Morgan fingerprint density at radius 2 is 1.88 bits per heavy atom. The minimum absolute atomic E-state index is 0.272. The number of aliphatic hydroxyl groups is 1. The first-order valence-electron chi connectivity index (χ1n) is 6.33. The van der Waals surface area contributed by atoms with Gasteiger partial charge in [0, 0.05) is 5.75 Å². The van der Waals surface area contributed by atoms with Crippen LogP contribution in [0.1, 0.15) is 32.3 Å². The van der Waals surface area contributed by atoms with Crippen molar-refractivity contribution in [1.82, 2.24) is 0 Å². The molecule has 0 aromatic heterocycles. The lowest BCUT2D eigenvalue weighted by Gasteiger charge is -2.41. The molecule has 0 bridgehead atoms. The van der Waals surface area contributed by atoms with Crippen LogP contribution in [0.2, 0.25) is 0 Å². The highest BCUT2D eigenvalue weighted by Gasteiger charge is 2.38. The smallest absolute Gasteiger partial charge is 0.0746 e. The molecule has 17 heavy (non-hydrogen) atoms. The lowest BCUT2D eigenvalue weighted by Crippen LogP contribution is -2.42. The molecular formula is C15H22OS. The van der Waals surface area contributed by atoms with Crippen LogP contribution in [0.4, 0.5) is 0 Å². The summed E-state index contributed by atoms with van der Waals surface area (Å²) in [4.78, 5) is 0. The Kier molecular flexibility index (Phi) is 3.84. The van der Waals surface area contributed by atoms with Gasteiger partial charge in [-0.1, -0.05) is 44.2 Å².